The Balaban J connectivity index is 3.41. The average Bonchev–Trinajstić information content (AvgIpc) is 2.87. The fraction of sp³-hybridized carbons (Fsp3) is 0.903. The molecule has 1 atom stereocenters. The molecule has 0 aliphatic carbocycles. The SMILES string of the molecule is CCCCCCCCOCC(COCCCCCCCC/C=C/CCCCCCC(=O)OC)N(C)C. The van der Waals surface area contributed by atoms with Gasteiger partial charge in [0, 0.05) is 19.6 Å². The van der Waals surface area contributed by atoms with Crippen molar-refractivity contribution in [1.29, 1.82) is 0 Å². The molecule has 0 radical (unpaired) electrons. The zero-order valence-electron chi connectivity index (χ0n) is 24.6. The van der Waals surface area contributed by atoms with Gasteiger partial charge in [-0.3, -0.25) is 4.79 Å². The fourth-order valence-corrected chi connectivity index (χ4v) is 4.17. The van der Waals surface area contributed by atoms with Gasteiger partial charge in [0.2, 0.25) is 0 Å². The van der Waals surface area contributed by atoms with E-state index in [1.54, 1.807) is 0 Å². The first-order chi connectivity index (χ1) is 17.6. The monoisotopic (exact) mass is 511 g/mol. The topological polar surface area (TPSA) is 48.0 Å². The van der Waals surface area contributed by atoms with Crippen LogP contribution in [0.3, 0.4) is 0 Å². The van der Waals surface area contributed by atoms with Crippen molar-refractivity contribution < 1.29 is 19.0 Å². The molecule has 5 nitrogen and oxygen atoms in total. The zero-order chi connectivity index (χ0) is 26.5. The predicted octanol–water partition coefficient (Wildman–Crippen LogP) is 8.11. The summed E-state index contributed by atoms with van der Waals surface area (Å²) in [5.41, 5.74) is 0. The number of methoxy groups -OCH3 is 1. The summed E-state index contributed by atoms with van der Waals surface area (Å²) in [6.45, 7) is 5.55. The van der Waals surface area contributed by atoms with Gasteiger partial charge in [0.15, 0.2) is 0 Å². The van der Waals surface area contributed by atoms with Crippen molar-refractivity contribution in [2.75, 3.05) is 47.6 Å². The number of nitrogens with zero attached hydrogens (tertiary/aromatic N) is 1. The van der Waals surface area contributed by atoms with Crippen molar-refractivity contribution in [2.24, 2.45) is 0 Å². The number of likely N-dealkylation sites (N-methyl/N-ethyl adjacent to an activating group) is 1. The van der Waals surface area contributed by atoms with Crippen molar-refractivity contribution >= 4 is 5.97 Å². The lowest BCUT2D eigenvalue weighted by atomic mass is 10.1. The van der Waals surface area contributed by atoms with Crippen LogP contribution in [0.2, 0.25) is 0 Å². The van der Waals surface area contributed by atoms with E-state index in [1.807, 2.05) is 0 Å². The lowest BCUT2D eigenvalue weighted by Crippen LogP contribution is -2.37. The molecule has 0 heterocycles. The molecule has 0 aromatic heterocycles. The van der Waals surface area contributed by atoms with Crippen molar-refractivity contribution in [3.8, 4) is 0 Å². The summed E-state index contributed by atoms with van der Waals surface area (Å²) in [6.07, 6.45) is 27.7. The Kier molecular flexibility index (Phi) is 27.9. The van der Waals surface area contributed by atoms with Crippen LogP contribution >= 0.6 is 0 Å². The Morgan fingerprint density at radius 3 is 1.58 bits per heavy atom. The number of ether oxygens (including phenoxy) is 3. The molecule has 0 N–H and O–H groups in total. The van der Waals surface area contributed by atoms with Crippen LogP contribution in [-0.2, 0) is 19.0 Å². The third kappa shape index (κ3) is 26.2. The van der Waals surface area contributed by atoms with E-state index in [-0.39, 0.29) is 5.97 Å². The highest BCUT2D eigenvalue weighted by atomic mass is 16.5. The predicted molar refractivity (Wildman–Crippen MR) is 154 cm³/mol. The molecule has 5 heteroatoms. The summed E-state index contributed by atoms with van der Waals surface area (Å²) in [7, 11) is 5.69. The highest BCUT2D eigenvalue weighted by Crippen LogP contribution is 2.10. The van der Waals surface area contributed by atoms with Gasteiger partial charge in [0.05, 0.1) is 26.4 Å². The molecule has 0 saturated carbocycles. The van der Waals surface area contributed by atoms with Crippen molar-refractivity contribution in [2.45, 2.75) is 135 Å². The molecule has 36 heavy (non-hydrogen) atoms. The lowest BCUT2D eigenvalue weighted by molar-refractivity contribution is -0.140. The summed E-state index contributed by atoms with van der Waals surface area (Å²) in [4.78, 5) is 13.3. The second-order valence-corrected chi connectivity index (χ2v) is 10.4. The van der Waals surface area contributed by atoms with Gasteiger partial charge < -0.3 is 19.1 Å². The van der Waals surface area contributed by atoms with Gasteiger partial charge in [0.25, 0.3) is 0 Å². The first-order valence-electron chi connectivity index (χ1n) is 15.2. The van der Waals surface area contributed by atoms with Crippen LogP contribution in [0.1, 0.15) is 129 Å². The normalized spacial score (nSPS) is 12.6. The smallest absolute Gasteiger partial charge is 0.305 e. The van der Waals surface area contributed by atoms with Crippen LogP contribution in [0, 0.1) is 0 Å². The van der Waals surface area contributed by atoms with E-state index < -0.39 is 0 Å². The first kappa shape index (κ1) is 35.1. The number of carbonyl (C=O) groups excluding carboxylic acids is 1. The zero-order valence-corrected chi connectivity index (χ0v) is 24.6. The Morgan fingerprint density at radius 2 is 1.11 bits per heavy atom. The average molecular weight is 512 g/mol. The maximum absolute atomic E-state index is 11.0. The third-order valence-electron chi connectivity index (χ3n) is 6.80. The molecule has 0 aromatic carbocycles. The Bertz CT molecular complexity index is 481. The number of hydrogen-bond donors (Lipinski definition) is 0. The van der Waals surface area contributed by atoms with E-state index >= 15 is 0 Å². The van der Waals surface area contributed by atoms with Crippen LogP contribution in [0.5, 0.6) is 0 Å². The quantitative estimate of drug-likeness (QED) is 0.0603. The van der Waals surface area contributed by atoms with Gasteiger partial charge >= 0.3 is 5.97 Å². The number of carbonyl (C=O) groups is 1. The number of allylic oxidation sites excluding steroid dienone is 2. The van der Waals surface area contributed by atoms with Gasteiger partial charge in [-0.15, -0.1) is 0 Å². The second kappa shape index (κ2) is 28.7. The Morgan fingerprint density at radius 1 is 0.667 bits per heavy atom. The Hall–Kier alpha value is -0.910. The molecule has 0 spiro atoms. The summed E-state index contributed by atoms with van der Waals surface area (Å²) in [5, 5.41) is 0. The molecule has 0 aromatic rings. The minimum Gasteiger partial charge on any atom is -0.469 e. The molecule has 0 bridgehead atoms. The van der Waals surface area contributed by atoms with Gasteiger partial charge in [-0.2, -0.15) is 0 Å². The van der Waals surface area contributed by atoms with Gasteiger partial charge in [-0.05, 0) is 59.0 Å². The van der Waals surface area contributed by atoms with Crippen LogP contribution in [0.15, 0.2) is 12.2 Å². The number of rotatable bonds is 28. The molecule has 0 saturated heterocycles. The van der Waals surface area contributed by atoms with E-state index in [4.69, 9.17) is 9.47 Å². The molecular weight excluding hydrogens is 450 g/mol. The molecule has 0 aliphatic heterocycles. The fourth-order valence-electron chi connectivity index (χ4n) is 4.17. The summed E-state index contributed by atoms with van der Waals surface area (Å²) in [5.74, 6) is -0.0866. The van der Waals surface area contributed by atoms with E-state index in [0.29, 0.717) is 12.5 Å². The summed E-state index contributed by atoms with van der Waals surface area (Å²) < 4.78 is 16.5. The van der Waals surface area contributed by atoms with Crippen LogP contribution in [-0.4, -0.2) is 64.5 Å². The second-order valence-electron chi connectivity index (χ2n) is 10.4. The minimum absolute atomic E-state index is 0.0866. The largest absolute Gasteiger partial charge is 0.469 e. The Labute approximate surface area is 224 Å². The molecule has 0 fully saturated rings. The number of hydrogen-bond acceptors (Lipinski definition) is 5. The highest BCUT2D eigenvalue weighted by molar-refractivity contribution is 5.68. The standard InChI is InChI=1S/C31H61NO4/c1-5-6-7-8-20-23-26-35-28-30(32(2)3)29-36-27-24-21-18-16-14-12-10-9-11-13-15-17-19-22-25-31(33)34-4/h9,11,30H,5-8,10,12-29H2,1-4H3/b11-9+. The maximum Gasteiger partial charge on any atom is 0.305 e. The number of unbranched alkanes of at least 4 members (excludes halogenated alkanes) is 15. The maximum atomic E-state index is 11.0. The lowest BCUT2D eigenvalue weighted by Gasteiger charge is -2.24. The molecule has 0 rings (SSSR count). The summed E-state index contributed by atoms with van der Waals surface area (Å²) in [6, 6.07) is 0.352. The van der Waals surface area contributed by atoms with E-state index in [0.717, 1.165) is 52.1 Å². The van der Waals surface area contributed by atoms with Crippen LogP contribution in [0.4, 0.5) is 0 Å². The first-order valence-corrected chi connectivity index (χ1v) is 15.2. The van der Waals surface area contributed by atoms with Gasteiger partial charge in [0.1, 0.15) is 0 Å². The van der Waals surface area contributed by atoms with E-state index in [9.17, 15) is 4.79 Å². The van der Waals surface area contributed by atoms with E-state index in [2.05, 4.69) is 42.8 Å². The third-order valence-corrected chi connectivity index (χ3v) is 6.80. The highest BCUT2D eigenvalue weighted by Gasteiger charge is 2.11. The summed E-state index contributed by atoms with van der Waals surface area (Å²) >= 11 is 0. The van der Waals surface area contributed by atoms with E-state index in [1.165, 1.54) is 97.0 Å². The van der Waals surface area contributed by atoms with Crippen molar-refractivity contribution in [3.63, 3.8) is 0 Å². The molecule has 0 amide bonds. The van der Waals surface area contributed by atoms with Crippen molar-refractivity contribution in [1.82, 2.24) is 4.90 Å². The van der Waals surface area contributed by atoms with Crippen LogP contribution in [0.25, 0.3) is 0 Å². The number of esters is 1. The van der Waals surface area contributed by atoms with Gasteiger partial charge in [-0.25, -0.2) is 0 Å². The molecule has 0 aliphatic rings. The van der Waals surface area contributed by atoms with Gasteiger partial charge in [-0.1, -0.05) is 89.7 Å². The van der Waals surface area contributed by atoms with Crippen molar-refractivity contribution in [3.05, 3.63) is 12.2 Å². The minimum atomic E-state index is -0.0866. The van der Waals surface area contributed by atoms with Crippen LogP contribution < -0.4 is 0 Å². The molecular formula is C31H61NO4. The molecule has 214 valence electrons. The molecule has 1 unspecified atom stereocenters.